The van der Waals surface area contributed by atoms with Crippen molar-refractivity contribution in [3.05, 3.63) is 47.9 Å². The van der Waals surface area contributed by atoms with E-state index < -0.39 is 5.60 Å². The zero-order chi connectivity index (χ0) is 15.3. The van der Waals surface area contributed by atoms with Crippen LogP contribution in [0.25, 0.3) is 0 Å². The molecule has 0 aliphatic carbocycles. The Morgan fingerprint density at radius 1 is 1.38 bits per heavy atom. The second-order valence-electron chi connectivity index (χ2n) is 5.04. The van der Waals surface area contributed by atoms with Crippen LogP contribution in [0.5, 0.6) is 5.75 Å². The summed E-state index contributed by atoms with van der Waals surface area (Å²) in [5.74, 6) is 1.44. The Morgan fingerprint density at radius 2 is 2.19 bits per heavy atom. The van der Waals surface area contributed by atoms with Crippen molar-refractivity contribution in [1.29, 1.82) is 0 Å². The lowest BCUT2D eigenvalue weighted by molar-refractivity contribution is 0.0340. The van der Waals surface area contributed by atoms with Crippen molar-refractivity contribution in [2.45, 2.75) is 24.0 Å². The van der Waals surface area contributed by atoms with Gasteiger partial charge in [0.05, 0.1) is 13.4 Å². The van der Waals surface area contributed by atoms with E-state index in [2.05, 4.69) is 11.4 Å². The normalized spacial score (nSPS) is 13.9. The van der Waals surface area contributed by atoms with Crippen LogP contribution in [0.1, 0.15) is 18.2 Å². The van der Waals surface area contributed by atoms with E-state index in [1.807, 2.05) is 18.4 Å². The molecule has 0 aliphatic heterocycles. The fourth-order valence-corrected chi connectivity index (χ4v) is 2.66. The molecule has 0 spiro atoms. The van der Waals surface area contributed by atoms with Crippen molar-refractivity contribution in [3.63, 3.8) is 0 Å². The van der Waals surface area contributed by atoms with Crippen LogP contribution in [0.2, 0.25) is 0 Å². The van der Waals surface area contributed by atoms with Gasteiger partial charge in [0, 0.05) is 18.0 Å². The van der Waals surface area contributed by atoms with Gasteiger partial charge >= 0.3 is 0 Å². The van der Waals surface area contributed by atoms with Crippen LogP contribution in [-0.4, -0.2) is 25.0 Å². The number of furan rings is 1. The average molecular weight is 307 g/mol. The summed E-state index contributed by atoms with van der Waals surface area (Å²) in [6, 6.07) is 9.67. The minimum Gasteiger partial charge on any atom is -0.496 e. The first-order valence-corrected chi connectivity index (χ1v) is 7.97. The number of thioether (sulfide) groups is 1. The number of methoxy groups -OCH3 is 1. The molecule has 0 saturated carbocycles. The summed E-state index contributed by atoms with van der Waals surface area (Å²) >= 11 is 1.66. The molecule has 4 nitrogen and oxygen atoms in total. The molecule has 0 bridgehead atoms. The molecule has 0 fully saturated rings. The molecule has 1 aromatic carbocycles. The van der Waals surface area contributed by atoms with Crippen molar-refractivity contribution in [2.24, 2.45) is 0 Å². The van der Waals surface area contributed by atoms with E-state index in [9.17, 15) is 5.11 Å². The predicted octanol–water partition coefficient (Wildman–Crippen LogP) is 3.01. The van der Waals surface area contributed by atoms with E-state index in [0.717, 1.165) is 16.2 Å². The Hall–Kier alpha value is -1.43. The van der Waals surface area contributed by atoms with Gasteiger partial charge in [-0.05, 0) is 43.0 Å². The molecule has 0 amide bonds. The maximum Gasteiger partial charge on any atom is 0.136 e. The van der Waals surface area contributed by atoms with Crippen molar-refractivity contribution >= 4 is 11.8 Å². The molecular formula is C16H21NO3S. The average Bonchev–Trinajstić information content (AvgIpc) is 3.02. The highest BCUT2D eigenvalue weighted by Crippen LogP contribution is 2.28. The molecule has 1 aromatic heterocycles. The van der Waals surface area contributed by atoms with Crippen molar-refractivity contribution < 1.29 is 14.3 Å². The van der Waals surface area contributed by atoms with Crippen LogP contribution in [0.15, 0.2) is 45.9 Å². The Morgan fingerprint density at radius 3 is 2.81 bits per heavy atom. The molecule has 2 N–H and O–H groups in total. The zero-order valence-corrected chi connectivity index (χ0v) is 13.4. The summed E-state index contributed by atoms with van der Waals surface area (Å²) in [7, 11) is 1.67. The molecule has 1 heterocycles. The first-order chi connectivity index (χ1) is 10.1. The van der Waals surface area contributed by atoms with Gasteiger partial charge in [0.2, 0.25) is 0 Å². The molecule has 0 saturated heterocycles. The minimum absolute atomic E-state index is 0.410. The highest BCUT2D eigenvalue weighted by Gasteiger charge is 2.25. The largest absolute Gasteiger partial charge is 0.496 e. The van der Waals surface area contributed by atoms with Gasteiger partial charge in [0.15, 0.2) is 0 Å². The van der Waals surface area contributed by atoms with Crippen LogP contribution in [-0.2, 0) is 12.1 Å². The monoisotopic (exact) mass is 307 g/mol. The predicted molar refractivity (Wildman–Crippen MR) is 84.8 cm³/mol. The van der Waals surface area contributed by atoms with Gasteiger partial charge < -0.3 is 19.6 Å². The molecule has 1 atom stereocenters. The molecule has 2 aromatic rings. The van der Waals surface area contributed by atoms with Crippen molar-refractivity contribution in [1.82, 2.24) is 5.32 Å². The van der Waals surface area contributed by atoms with Crippen LogP contribution in [0, 0.1) is 0 Å². The zero-order valence-electron chi connectivity index (χ0n) is 12.6. The fourth-order valence-electron chi connectivity index (χ4n) is 2.11. The van der Waals surface area contributed by atoms with Gasteiger partial charge in [-0.1, -0.05) is 6.07 Å². The number of hydrogen-bond donors (Lipinski definition) is 2. The SMILES string of the molecule is COc1cc(CNCC(C)(O)c2ccco2)ccc1SC. The molecule has 114 valence electrons. The van der Waals surface area contributed by atoms with E-state index >= 15 is 0 Å². The van der Waals surface area contributed by atoms with Gasteiger partial charge in [-0.3, -0.25) is 0 Å². The quantitative estimate of drug-likeness (QED) is 0.770. The molecule has 2 rings (SSSR count). The molecule has 5 heteroatoms. The van der Waals surface area contributed by atoms with Crippen LogP contribution in [0.3, 0.4) is 0 Å². The Balaban J connectivity index is 1.94. The van der Waals surface area contributed by atoms with Crippen molar-refractivity contribution in [3.8, 4) is 5.75 Å². The molecule has 1 unspecified atom stereocenters. The van der Waals surface area contributed by atoms with Crippen LogP contribution < -0.4 is 10.1 Å². The maximum absolute atomic E-state index is 10.4. The Labute approximate surface area is 129 Å². The molecule has 0 aliphatic rings. The lowest BCUT2D eigenvalue weighted by atomic mass is 10.0. The first-order valence-electron chi connectivity index (χ1n) is 6.75. The van der Waals surface area contributed by atoms with E-state index in [1.54, 1.807) is 44.2 Å². The van der Waals surface area contributed by atoms with Gasteiger partial charge in [0.1, 0.15) is 17.1 Å². The smallest absolute Gasteiger partial charge is 0.136 e. The topological polar surface area (TPSA) is 54.6 Å². The second-order valence-corrected chi connectivity index (χ2v) is 5.89. The third-order valence-corrected chi connectivity index (χ3v) is 4.08. The Kier molecular flexibility index (Phi) is 5.33. The van der Waals surface area contributed by atoms with Gasteiger partial charge in [0.25, 0.3) is 0 Å². The fraction of sp³-hybridized carbons (Fsp3) is 0.375. The van der Waals surface area contributed by atoms with Crippen LogP contribution in [0.4, 0.5) is 0 Å². The second kappa shape index (κ2) is 7.02. The lowest BCUT2D eigenvalue weighted by Gasteiger charge is -2.21. The van der Waals surface area contributed by atoms with E-state index in [4.69, 9.17) is 9.15 Å². The number of benzene rings is 1. The van der Waals surface area contributed by atoms with Gasteiger partial charge in [-0.15, -0.1) is 11.8 Å². The number of ether oxygens (including phenoxy) is 1. The first kappa shape index (κ1) is 15.9. The summed E-state index contributed by atoms with van der Waals surface area (Å²) in [6.07, 6.45) is 3.59. The van der Waals surface area contributed by atoms with Gasteiger partial charge in [-0.25, -0.2) is 0 Å². The molecule has 0 radical (unpaired) electrons. The molecule has 21 heavy (non-hydrogen) atoms. The number of aliphatic hydroxyl groups is 1. The number of rotatable bonds is 7. The highest BCUT2D eigenvalue weighted by atomic mass is 32.2. The number of nitrogens with one attached hydrogen (secondary N) is 1. The molecular weight excluding hydrogens is 286 g/mol. The van der Waals surface area contributed by atoms with Gasteiger partial charge in [-0.2, -0.15) is 0 Å². The van der Waals surface area contributed by atoms with E-state index in [-0.39, 0.29) is 0 Å². The summed E-state index contributed by atoms with van der Waals surface area (Å²) in [6.45, 7) is 2.80. The summed E-state index contributed by atoms with van der Waals surface area (Å²) in [5.41, 5.74) is 0.0900. The summed E-state index contributed by atoms with van der Waals surface area (Å²) in [5, 5.41) is 13.6. The maximum atomic E-state index is 10.4. The Bertz CT molecular complexity index is 567. The summed E-state index contributed by atoms with van der Waals surface area (Å²) < 4.78 is 10.6. The lowest BCUT2D eigenvalue weighted by Crippen LogP contribution is -2.34. The standard InChI is InChI=1S/C16H21NO3S/c1-16(18,15-5-4-8-20-15)11-17-10-12-6-7-14(21-3)13(9-12)19-2/h4-9,17-18H,10-11H2,1-3H3. The number of hydrogen-bond acceptors (Lipinski definition) is 5. The van der Waals surface area contributed by atoms with Crippen molar-refractivity contribution in [2.75, 3.05) is 19.9 Å². The summed E-state index contributed by atoms with van der Waals surface area (Å²) in [4.78, 5) is 1.11. The highest BCUT2D eigenvalue weighted by molar-refractivity contribution is 7.98. The van der Waals surface area contributed by atoms with E-state index in [0.29, 0.717) is 18.8 Å². The van der Waals surface area contributed by atoms with Crippen LogP contribution >= 0.6 is 11.8 Å². The van der Waals surface area contributed by atoms with E-state index in [1.165, 1.54) is 0 Å². The third-order valence-electron chi connectivity index (χ3n) is 3.30. The minimum atomic E-state index is -1.02. The third kappa shape index (κ3) is 4.03.